The largest absolute Gasteiger partial charge is 0.392 e. The van der Waals surface area contributed by atoms with E-state index in [1.165, 1.54) is 5.56 Å². The molecule has 11 heavy (non-hydrogen) atoms. The van der Waals surface area contributed by atoms with Gasteiger partial charge in [0.2, 0.25) is 0 Å². The Morgan fingerprint density at radius 3 is 2.45 bits per heavy atom. The number of benzene rings is 1. The van der Waals surface area contributed by atoms with Crippen molar-refractivity contribution >= 4 is 11.6 Å². The highest BCUT2D eigenvalue weighted by Crippen LogP contribution is 2.22. The van der Waals surface area contributed by atoms with Gasteiger partial charge in [0, 0.05) is 5.02 Å². The number of rotatable bonds is 1. The monoisotopic (exact) mass is 170 g/mol. The second-order valence-electron chi connectivity index (χ2n) is 2.63. The zero-order valence-electron chi connectivity index (χ0n) is 6.69. The molecule has 0 aromatic heterocycles. The van der Waals surface area contributed by atoms with Crippen molar-refractivity contribution in [3.8, 4) is 0 Å². The Balaban J connectivity index is 3.29. The molecule has 0 heterocycles. The van der Waals surface area contributed by atoms with Gasteiger partial charge in [0.25, 0.3) is 0 Å². The van der Waals surface area contributed by atoms with Crippen LogP contribution in [-0.4, -0.2) is 5.11 Å². The van der Waals surface area contributed by atoms with E-state index in [2.05, 4.69) is 0 Å². The lowest BCUT2D eigenvalue weighted by Gasteiger charge is -2.07. The molecule has 0 saturated heterocycles. The summed E-state index contributed by atoms with van der Waals surface area (Å²) in [6.45, 7) is 3.99. The summed E-state index contributed by atoms with van der Waals surface area (Å²) >= 11 is 5.84. The van der Waals surface area contributed by atoms with Crippen LogP contribution in [-0.2, 0) is 6.61 Å². The number of aliphatic hydroxyl groups is 1. The maximum absolute atomic E-state index is 8.94. The second kappa shape index (κ2) is 3.24. The van der Waals surface area contributed by atoms with Gasteiger partial charge in [-0.1, -0.05) is 17.7 Å². The molecule has 0 aliphatic rings. The van der Waals surface area contributed by atoms with Crippen LogP contribution in [0.25, 0.3) is 0 Å². The molecule has 0 amide bonds. The summed E-state index contributed by atoms with van der Waals surface area (Å²) < 4.78 is 0. The molecule has 0 unspecified atom stereocenters. The second-order valence-corrected chi connectivity index (χ2v) is 3.03. The molecular formula is C9H11ClO. The van der Waals surface area contributed by atoms with E-state index in [9.17, 15) is 0 Å². The van der Waals surface area contributed by atoms with Gasteiger partial charge in [0.1, 0.15) is 0 Å². The highest BCUT2D eigenvalue weighted by atomic mass is 35.5. The van der Waals surface area contributed by atoms with Crippen molar-refractivity contribution in [1.82, 2.24) is 0 Å². The van der Waals surface area contributed by atoms with Crippen LogP contribution in [0, 0.1) is 13.8 Å². The molecule has 60 valence electrons. The van der Waals surface area contributed by atoms with Crippen molar-refractivity contribution in [2.75, 3.05) is 0 Å². The molecular weight excluding hydrogens is 160 g/mol. The van der Waals surface area contributed by atoms with E-state index in [4.69, 9.17) is 16.7 Å². The van der Waals surface area contributed by atoms with Crippen LogP contribution in [0.15, 0.2) is 12.1 Å². The average Bonchev–Trinajstić information content (AvgIpc) is 1.99. The molecule has 0 saturated carbocycles. The number of hydrogen-bond acceptors (Lipinski definition) is 1. The fourth-order valence-corrected chi connectivity index (χ4v) is 1.30. The first-order chi connectivity index (χ1) is 5.16. The molecule has 1 nitrogen and oxygen atoms in total. The lowest BCUT2D eigenvalue weighted by molar-refractivity contribution is 0.281. The van der Waals surface area contributed by atoms with Crippen LogP contribution in [0.3, 0.4) is 0 Å². The first-order valence-corrected chi connectivity index (χ1v) is 3.90. The lowest BCUT2D eigenvalue weighted by atomic mass is 10.0. The predicted octanol–water partition coefficient (Wildman–Crippen LogP) is 2.45. The Morgan fingerprint density at radius 1 is 1.36 bits per heavy atom. The normalized spacial score (nSPS) is 10.2. The Kier molecular flexibility index (Phi) is 2.53. The number of hydrogen-bond donors (Lipinski definition) is 1. The van der Waals surface area contributed by atoms with Gasteiger partial charge in [0.15, 0.2) is 0 Å². The Hall–Kier alpha value is -0.530. The van der Waals surface area contributed by atoms with E-state index in [1.807, 2.05) is 26.0 Å². The van der Waals surface area contributed by atoms with Crippen molar-refractivity contribution in [2.24, 2.45) is 0 Å². The minimum atomic E-state index is 0.0202. The summed E-state index contributed by atoms with van der Waals surface area (Å²) in [5.41, 5.74) is 3.09. The van der Waals surface area contributed by atoms with Crippen molar-refractivity contribution in [3.05, 3.63) is 33.8 Å². The molecule has 1 aromatic carbocycles. The fraction of sp³-hybridized carbons (Fsp3) is 0.333. The summed E-state index contributed by atoms with van der Waals surface area (Å²) in [5.74, 6) is 0. The van der Waals surface area contributed by atoms with Crippen molar-refractivity contribution in [3.63, 3.8) is 0 Å². The molecule has 0 radical (unpaired) electrons. The molecule has 0 bridgehead atoms. The zero-order chi connectivity index (χ0) is 8.43. The summed E-state index contributed by atoms with van der Waals surface area (Å²) in [5, 5.41) is 9.59. The summed E-state index contributed by atoms with van der Waals surface area (Å²) in [6.07, 6.45) is 0. The Bertz CT molecular complexity index is 269. The summed E-state index contributed by atoms with van der Waals surface area (Å²) in [7, 11) is 0. The number of aliphatic hydroxyl groups excluding tert-OH is 1. The van der Waals surface area contributed by atoms with E-state index in [0.717, 1.165) is 11.1 Å². The molecule has 0 atom stereocenters. The van der Waals surface area contributed by atoms with Gasteiger partial charge in [-0.25, -0.2) is 0 Å². The number of halogens is 1. The molecule has 2 heteroatoms. The van der Waals surface area contributed by atoms with Gasteiger partial charge >= 0.3 is 0 Å². The standard InChI is InChI=1S/C9H11ClO/c1-6-3-4-9(10)8(5-11)7(6)2/h3-4,11H,5H2,1-2H3. The van der Waals surface area contributed by atoms with Crippen LogP contribution in [0.2, 0.25) is 5.02 Å². The van der Waals surface area contributed by atoms with Gasteiger partial charge in [0.05, 0.1) is 6.61 Å². The fourth-order valence-electron chi connectivity index (χ4n) is 1.03. The van der Waals surface area contributed by atoms with Gasteiger partial charge in [-0.05, 0) is 36.6 Å². The van der Waals surface area contributed by atoms with Crippen LogP contribution in [0.1, 0.15) is 16.7 Å². The number of aryl methyl sites for hydroxylation is 1. The van der Waals surface area contributed by atoms with Crippen molar-refractivity contribution < 1.29 is 5.11 Å². The van der Waals surface area contributed by atoms with Crippen molar-refractivity contribution in [1.29, 1.82) is 0 Å². The van der Waals surface area contributed by atoms with Crippen LogP contribution < -0.4 is 0 Å². The van der Waals surface area contributed by atoms with Gasteiger partial charge < -0.3 is 5.11 Å². The van der Waals surface area contributed by atoms with Crippen LogP contribution in [0.4, 0.5) is 0 Å². The van der Waals surface area contributed by atoms with E-state index < -0.39 is 0 Å². The van der Waals surface area contributed by atoms with Gasteiger partial charge in [-0.15, -0.1) is 0 Å². The molecule has 1 rings (SSSR count). The molecule has 1 N–H and O–H groups in total. The van der Waals surface area contributed by atoms with Gasteiger partial charge in [-0.3, -0.25) is 0 Å². The quantitative estimate of drug-likeness (QED) is 0.687. The molecule has 0 fully saturated rings. The first-order valence-electron chi connectivity index (χ1n) is 3.52. The molecule has 0 spiro atoms. The van der Waals surface area contributed by atoms with Crippen molar-refractivity contribution in [2.45, 2.75) is 20.5 Å². The minimum absolute atomic E-state index is 0.0202. The third kappa shape index (κ3) is 1.55. The van der Waals surface area contributed by atoms with E-state index in [-0.39, 0.29) is 6.61 Å². The van der Waals surface area contributed by atoms with E-state index in [0.29, 0.717) is 5.02 Å². The SMILES string of the molecule is Cc1ccc(Cl)c(CO)c1C. The zero-order valence-corrected chi connectivity index (χ0v) is 7.44. The maximum atomic E-state index is 8.94. The Labute approximate surface area is 71.6 Å². The first kappa shape index (κ1) is 8.57. The van der Waals surface area contributed by atoms with Gasteiger partial charge in [-0.2, -0.15) is 0 Å². The Morgan fingerprint density at radius 2 is 2.00 bits per heavy atom. The minimum Gasteiger partial charge on any atom is -0.392 e. The molecule has 0 aliphatic carbocycles. The topological polar surface area (TPSA) is 20.2 Å². The molecule has 0 aliphatic heterocycles. The average molecular weight is 171 g/mol. The summed E-state index contributed by atoms with van der Waals surface area (Å²) in [6, 6.07) is 3.77. The highest BCUT2D eigenvalue weighted by molar-refractivity contribution is 6.31. The third-order valence-electron chi connectivity index (χ3n) is 1.97. The maximum Gasteiger partial charge on any atom is 0.0699 e. The highest BCUT2D eigenvalue weighted by Gasteiger charge is 2.03. The van der Waals surface area contributed by atoms with E-state index >= 15 is 0 Å². The lowest BCUT2D eigenvalue weighted by Crippen LogP contribution is -1.92. The molecule has 1 aromatic rings. The van der Waals surface area contributed by atoms with Crippen LogP contribution >= 0.6 is 11.6 Å². The van der Waals surface area contributed by atoms with E-state index in [1.54, 1.807) is 0 Å². The summed E-state index contributed by atoms with van der Waals surface area (Å²) in [4.78, 5) is 0. The predicted molar refractivity (Wildman–Crippen MR) is 46.8 cm³/mol. The van der Waals surface area contributed by atoms with Crippen LogP contribution in [0.5, 0.6) is 0 Å². The third-order valence-corrected chi connectivity index (χ3v) is 2.32. The smallest absolute Gasteiger partial charge is 0.0699 e.